The summed E-state index contributed by atoms with van der Waals surface area (Å²) in [6.07, 6.45) is 2.87. The Labute approximate surface area is 193 Å². The number of hydrogen-bond acceptors (Lipinski definition) is 5. The van der Waals surface area contributed by atoms with Gasteiger partial charge in [0.25, 0.3) is 0 Å². The van der Waals surface area contributed by atoms with Crippen LogP contribution in [0.3, 0.4) is 0 Å². The lowest BCUT2D eigenvalue weighted by Crippen LogP contribution is -2.47. The van der Waals surface area contributed by atoms with Crippen LogP contribution in [0.2, 0.25) is 0 Å². The molecule has 1 saturated heterocycles. The molecular formula is C25H40N6O. The van der Waals surface area contributed by atoms with Crippen molar-refractivity contribution in [3.63, 3.8) is 0 Å². The zero-order valence-corrected chi connectivity index (χ0v) is 20.4. The number of likely N-dealkylation sites (N-methyl/N-ethyl adjacent to an activating group) is 1. The molecule has 0 radical (unpaired) electrons. The van der Waals surface area contributed by atoms with Crippen LogP contribution in [0.4, 0.5) is 0 Å². The van der Waals surface area contributed by atoms with Crippen LogP contribution in [-0.2, 0) is 12.0 Å². The van der Waals surface area contributed by atoms with Gasteiger partial charge in [-0.25, -0.2) is 9.98 Å². The number of aliphatic imine (C=N–C) groups is 1. The molecule has 1 aliphatic heterocycles. The number of benzene rings is 1. The van der Waals surface area contributed by atoms with Crippen molar-refractivity contribution in [3.8, 4) is 0 Å². The molecule has 2 aromatic rings. The molecular weight excluding hydrogens is 400 g/mol. The van der Waals surface area contributed by atoms with E-state index in [2.05, 4.69) is 95.5 Å². The van der Waals surface area contributed by atoms with E-state index in [9.17, 15) is 0 Å². The van der Waals surface area contributed by atoms with Gasteiger partial charge in [-0.1, -0.05) is 51.1 Å². The largest absolute Gasteiger partial charge is 0.443 e. The van der Waals surface area contributed by atoms with E-state index in [0.717, 1.165) is 57.4 Å². The quantitative estimate of drug-likeness (QED) is 0.373. The minimum atomic E-state index is -0.0431. The lowest BCUT2D eigenvalue weighted by Gasteiger charge is -2.40. The van der Waals surface area contributed by atoms with Crippen LogP contribution in [0.5, 0.6) is 0 Å². The molecule has 1 aromatic heterocycles. The van der Waals surface area contributed by atoms with E-state index in [1.165, 1.54) is 5.56 Å². The fourth-order valence-corrected chi connectivity index (χ4v) is 3.92. The summed E-state index contributed by atoms with van der Waals surface area (Å²) in [6.45, 7) is 14.9. The van der Waals surface area contributed by atoms with Crippen molar-refractivity contribution in [3.05, 3.63) is 53.7 Å². The van der Waals surface area contributed by atoms with Crippen LogP contribution in [0, 0.1) is 0 Å². The molecule has 7 heteroatoms. The van der Waals surface area contributed by atoms with Gasteiger partial charge in [-0.2, -0.15) is 0 Å². The predicted octanol–water partition coefficient (Wildman–Crippen LogP) is 3.41. The highest BCUT2D eigenvalue weighted by Gasteiger charge is 2.26. The van der Waals surface area contributed by atoms with Gasteiger partial charge in [0.1, 0.15) is 12.3 Å². The number of hydrogen-bond donors (Lipinski definition) is 2. The maximum absolute atomic E-state index is 5.86. The van der Waals surface area contributed by atoms with Crippen LogP contribution >= 0.6 is 0 Å². The first-order valence-electron chi connectivity index (χ1n) is 11.8. The molecule has 0 saturated carbocycles. The predicted molar refractivity (Wildman–Crippen MR) is 131 cm³/mol. The van der Waals surface area contributed by atoms with Gasteiger partial charge in [0.05, 0.1) is 6.20 Å². The van der Waals surface area contributed by atoms with E-state index >= 15 is 0 Å². The number of piperazine rings is 1. The van der Waals surface area contributed by atoms with Gasteiger partial charge in [0.15, 0.2) is 5.96 Å². The molecule has 1 aliphatic rings. The van der Waals surface area contributed by atoms with Crippen molar-refractivity contribution in [1.82, 2.24) is 25.4 Å². The second-order valence-corrected chi connectivity index (χ2v) is 9.57. The highest BCUT2D eigenvalue weighted by molar-refractivity contribution is 5.79. The van der Waals surface area contributed by atoms with Gasteiger partial charge in [-0.05, 0) is 26.0 Å². The summed E-state index contributed by atoms with van der Waals surface area (Å²) < 4.78 is 5.86. The lowest BCUT2D eigenvalue weighted by atomic mass is 9.94. The second-order valence-electron chi connectivity index (χ2n) is 9.57. The smallest absolute Gasteiger partial charge is 0.216 e. The molecule has 1 atom stereocenters. The van der Waals surface area contributed by atoms with E-state index in [1.54, 1.807) is 0 Å². The molecule has 32 heavy (non-hydrogen) atoms. The number of aromatic nitrogens is 1. The highest BCUT2D eigenvalue weighted by atomic mass is 16.4. The van der Waals surface area contributed by atoms with E-state index in [1.807, 2.05) is 6.20 Å². The van der Waals surface area contributed by atoms with Crippen molar-refractivity contribution in [2.24, 2.45) is 4.99 Å². The maximum atomic E-state index is 5.86. The Hall–Kier alpha value is -2.38. The molecule has 1 fully saturated rings. The highest BCUT2D eigenvalue weighted by Crippen LogP contribution is 2.25. The van der Waals surface area contributed by atoms with Crippen LogP contribution in [-0.4, -0.2) is 67.1 Å². The number of rotatable bonds is 8. The van der Waals surface area contributed by atoms with Crippen molar-refractivity contribution >= 4 is 5.96 Å². The zero-order chi connectivity index (χ0) is 23.0. The Kier molecular flexibility index (Phi) is 8.70. The molecule has 0 aliphatic carbocycles. The summed E-state index contributed by atoms with van der Waals surface area (Å²) in [5.41, 5.74) is 1.36. The van der Waals surface area contributed by atoms with Crippen LogP contribution in [0.25, 0.3) is 0 Å². The molecule has 3 rings (SSSR count). The van der Waals surface area contributed by atoms with Gasteiger partial charge in [0.2, 0.25) is 5.89 Å². The monoisotopic (exact) mass is 440 g/mol. The summed E-state index contributed by atoms with van der Waals surface area (Å²) in [5.74, 6) is 2.34. The molecule has 7 nitrogen and oxygen atoms in total. The molecule has 1 unspecified atom stereocenters. The minimum absolute atomic E-state index is 0.0431. The Morgan fingerprint density at radius 3 is 2.66 bits per heavy atom. The van der Waals surface area contributed by atoms with E-state index in [4.69, 9.17) is 4.42 Å². The van der Waals surface area contributed by atoms with Crippen molar-refractivity contribution in [2.45, 2.75) is 52.1 Å². The molecule has 0 spiro atoms. The Morgan fingerprint density at radius 1 is 1.19 bits per heavy atom. The number of oxazole rings is 1. The zero-order valence-electron chi connectivity index (χ0n) is 20.4. The first-order valence-corrected chi connectivity index (χ1v) is 11.8. The molecule has 0 bridgehead atoms. The van der Waals surface area contributed by atoms with E-state index in [-0.39, 0.29) is 5.41 Å². The summed E-state index contributed by atoms with van der Waals surface area (Å²) in [7, 11) is 2.21. The lowest BCUT2D eigenvalue weighted by molar-refractivity contribution is 0.0891. The summed E-state index contributed by atoms with van der Waals surface area (Å²) in [4.78, 5) is 14.1. The Balaban J connectivity index is 1.50. The third-order valence-electron chi connectivity index (χ3n) is 5.80. The summed E-state index contributed by atoms with van der Waals surface area (Å²) in [5, 5.41) is 6.78. The van der Waals surface area contributed by atoms with Gasteiger partial charge in [0, 0.05) is 50.7 Å². The summed E-state index contributed by atoms with van der Waals surface area (Å²) in [6, 6.07) is 11.3. The fraction of sp³-hybridized carbons (Fsp3) is 0.600. The fourth-order valence-electron chi connectivity index (χ4n) is 3.92. The van der Waals surface area contributed by atoms with Gasteiger partial charge < -0.3 is 20.0 Å². The second kappa shape index (κ2) is 11.5. The third kappa shape index (κ3) is 7.07. The van der Waals surface area contributed by atoms with E-state index < -0.39 is 0 Å². The van der Waals surface area contributed by atoms with Crippen molar-refractivity contribution in [2.75, 3.05) is 46.3 Å². The first kappa shape index (κ1) is 24.3. The third-order valence-corrected chi connectivity index (χ3v) is 5.80. The molecule has 1 aromatic carbocycles. The maximum Gasteiger partial charge on any atom is 0.216 e. The van der Waals surface area contributed by atoms with Crippen LogP contribution in [0.15, 0.2) is 45.9 Å². The number of nitrogens with zero attached hydrogens (tertiary/aromatic N) is 4. The van der Waals surface area contributed by atoms with Crippen molar-refractivity contribution in [1.29, 1.82) is 0 Å². The van der Waals surface area contributed by atoms with Gasteiger partial charge in [-0.3, -0.25) is 4.90 Å². The van der Waals surface area contributed by atoms with Crippen LogP contribution < -0.4 is 10.6 Å². The Bertz CT molecular complexity index is 842. The molecule has 2 heterocycles. The van der Waals surface area contributed by atoms with Crippen molar-refractivity contribution < 1.29 is 4.42 Å². The van der Waals surface area contributed by atoms with Gasteiger partial charge in [-0.15, -0.1) is 0 Å². The van der Waals surface area contributed by atoms with E-state index in [0.29, 0.717) is 18.5 Å². The molecule has 2 N–H and O–H groups in total. The topological polar surface area (TPSA) is 68.9 Å². The average Bonchev–Trinajstić information content (AvgIpc) is 3.26. The van der Waals surface area contributed by atoms with Crippen LogP contribution in [0.1, 0.15) is 57.4 Å². The minimum Gasteiger partial charge on any atom is -0.443 e. The summed E-state index contributed by atoms with van der Waals surface area (Å²) >= 11 is 0. The number of nitrogens with one attached hydrogen (secondary N) is 2. The SMILES string of the molecule is CCNC(=NCc1ncc(C(C)(C)C)o1)NCCCN1CCN(C)CC1c1ccccc1. The van der Waals surface area contributed by atoms with Gasteiger partial charge >= 0.3 is 0 Å². The first-order chi connectivity index (χ1) is 15.4. The Morgan fingerprint density at radius 2 is 1.97 bits per heavy atom. The normalized spacial score (nSPS) is 18.7. The average molecular weight is 441 g/mol. The molecule has 0 amide bonds. The number of guanidine groups is 1. The standard InChI is InChI=1S/C25H40N6O/c1-6-26-24(29-18-23-28-17-22(32-23)25(2,3)4)27-13-10-14-31-16-15-30(5)19-21(31)20-11-8-7-9-12-20/h7-9,11-12,17,21H,6,10,13-16,18-19H2,1-5H3,(H2,26,27,29). The molecule has 176 valence electrons.